The number of rotatable bonds is 12. The van der Waals surface area contributed by atoms with Crippen LogP contribution in [0.3, 0.4) is 0 Å². The molecule has 4 atom stereocenters. The minimum absolute atomic E-state index is 0.0818. The van der Waals surface area contributed by atoms with Gasteiger partial charge in [0.1, 0.15) is 18.1 Å². The normalized spacial score (nSPS) is 15.5. The highest BCUT2D eigenvalue weighted by molar-refractivity contribution is 7.80. The molecule has 0 rings (SSSR count). The number of carboxylic acid groups (broad SMARTS) is 1. The van der Waals surface area contributed by atoms with E-state index >= 15 is 0 Å². The van der Waals surface area contributed by atoms with Crippen LogP contribution in [0.15, 0.2) is 0 Å². The highest BCUT2D eigenvalue weighted by Crippen LogP contribution is 2.08. The average Bonchev–Trinajstić information content (AvgIpc) is 2.57. The maximum atomic E-state index is 12.6. The second kappa shape index (κ2) is 12.6. The third-order valence-electron chi connectivity index (χ3n) is 3.95. The molecule has 0 fully saturated rings. The van der Waals surface area contributed by atoms with Crippen LogP contribution in [0.5, 0.6) is 0 Å². The Balaban J connectivity index is 4.98. The monoisotopic (exact) mass is 418 g/mol. The molecule has 0 saturated heterocycles. The van der Waals surface area contributed by atoms with Crippen molar-refractivity contribution in [3.05, 3.63) is 0 Å². The van der Waals surface area contributed by atoms with Gasteiger partial charge >= 0.3 is 5.97 Å². The van der Waals surface area contributed by atoms with Crippen molar-refractivity contribution in [3.8, 4) is 0 Å². The molecule has 0 radical (unpaired) electrons. The molecule has 28 heavy (non-hydrogen) atoms. The maximum absolute atomic E-state index is 12.6. The highest BCUT2D eigenvalue weighted by Gasteiger charge is 2.28. The lowest BCUT2D eigenvalue weighted by molar-refractivity contribution is -0.141. The van der Waals surface area contributed by atoms with E-state index in [0.717, 1.165) is 0 Å². The van der Waals surface area contributed by atoms with Crippen molar-refractivity contribution in [2.75, 3.05) is 5.75 Å². The first kappa shape index (κ1) is 26.2. The fourth-order valence-corrected chi connectivity index (χ4v) is 2.71. The van der Waals surface area contributed by atoms with E-state index in [1.54, 1.807) is 0 Å². The number of nitrogens with one attached hydrogen (secondary N) is 3. The number of amides is 3. The molecule has 6 N–H and O–H groups in total. The number of carbonyl (C=O) groups excluding carboxylic acids is 3. The summed E-state index contributed by atoms with van der Waals surface area (Å²) in [6.07, 6.45) is 0.857. The number of thiol groups is 1. The highest BCUT2D eigenvalue weighted by atomic mass is 32.1. The quantitative estimate of drug-likeness (QED) is 0.244. The lowest BCUT2D eigenvalue weighted by atomic mass is 10.0. The summed E-state index contributed by atoms with van der Waals surface area (Å²) >= 11 is 3.88. The van der Waals surface area contributed by atoms with Crippen molar-refractivity contribution in [1.82, 2.24) is 16.0 Å². The second-order valence-corrected chi connectivity index (χ2v) is 8.10. The molecule has 0 aromatic carbocycles. The summed E-state index contributed by atoms with van der Waals surface area (Å²) in [6.45, 7) is 9.13. The van der Waals surface area contributed by atoms with E-state index in [1.165, 1.54) is 6.92 Å². The Labute approximate surface area is 172 Å². The van der Waals surface area contributed by atoms with Crippen LogP contribution in [-0.2, 0) is 19.2 Å². The second-order valence-electron chi connectivity index (χ2n) is 7.74. The molecule has 0 heterocycles. The number of nitrogens with two attached hydrogens (primary N) is 1. The number of aliphatic carboxylic acids is 1. The predicted octanol–water partition coefficient (Wildman–Crippen LogP) is -0.105. The molecule has 4 unspecified atom stereocenters. The average molecular weight is 419 g/mol. The zero-order valence-corrected chi connectivity index (χ0v) is 18.1. The van der Waals surface area contributed by atoms with Gasteiger partial charge in [-0.3, -0.25) is 14.4 Å². The lowest BCUT2D eigenvalue weighted by Crippen LogP contribution is -2.56. The molecule has 0 aliphatic carbocycles. The van der Waals surface area contributed by atoms with E-state index in [-0.39, 0.29) is 17.6 Å². The summed E-state index contributed by atoms with van der Waals surface area (Å²) in [6, 6.07) is -3.71. The van der Waals surface area contributed by atoms with Crippen LogP contribution in [-0.4, -0.2) is 58.7 Å². The van der Waals surface area contributed by atoms with Gasteiger partial charge < -0.3 is 26.8 Å². The lowest BCUT2D eigenvalue weighted by Gasteiger charge is -2.24. The molecule has 0 aromatic rings. The van der Waals surface area contributed by atoms with Gasteiger partial charge in [0, 0.05) is 5.75 Å². The van der Waals surface area contributed by atoms with Crippen LogP contribution in [0.1, 0.15) is 47.5 Å². The molecule has 10 heteroatoms. The van der Waals surface area contributed by atoms with Crippen LogP contribution >= 0.6 is 12.6 Å². The Morgan fingerprint density at radius 3 is 1.75 bits per heavy atom. The maximum Gasteiger partial charge on any atom is 0.327 e. The molecular weight excluding hydrogens is 384 g/mol. The summed E-state index contributed by atoms with van der Waals surface area (Å²) in [5, 5.41) is 16.4. The van der Waals surface area contributed by atoms with Gasteiger partial charge in [-0.1, -0.05) is 27.7 Å². The fraction of sp³-hybridized carbons (Fsp3) is 0.778. The van der Waals surface area contributed by atoms with Gasteiger partial charge in [0.25, 0.3) is 0 Å². The van der Waals surface area contributed by atoms with Crippen LogP contribution in [0.25, 0.3) is 0 Å². The van der Waals surface area contributed by atoms with Gasteiger partial charge in [0.15, 0.2) is 0 Å². The Kier molecular flexibility index (Phi) is 11.8. The Hall–Kier alpha value is -1.81. The standard InChI is InChI=1S/C18H34N4O5S/c1-9(2)6-12(19)16(24)21-13(7-10(3)4)17(25)20-11(5)15(23)22-14(8-28)18(26)27/h9-14,28H,6-8,19H2,1-5H3,(H,20,25)(H,21,24)(H,22,23)(H,26,27). The Morgan fingerprint density at radius 2 is 1.32 bits per heavy atom. The van der Waals surface area contributed by atoms with E-state index in [4.69, 9.17) is 10.8 Å². The van der Waals surface area contributed by atoms with Crippen molar-refractivity contribution in [2.45, 2.75) is 71.6 Å². The minimum atomic E-state index is -1.22. The number of hydrogen-bond acceptors (Lipinski definition) is 6. The zero-order valence-electron chi connectivity index (χ0n) is 17.2. The molecule has 0 aliphatic heterocycles. The van der Waals surface area contributed by atoms with Crippen LogP contribution < -0.4 is 21.7 Å². The van der Waals surface area contributed by atoms with Crippen molar-refractivity contribution in [2.24, 2.45) is 17.6 Å². The van der Waals surface area contributed by atoms with Crippen molar-refractivity contribution < 1.29 is 24.3 Å². The molecule has 9 nitrogen and oxygen atoms in total. The van der Waals surface area contributed by atoms with Crippen molar-refractivity contribution in [3.63, 3.8) is 0 Å². The van der Waals surface area contributed by atoms with Gasteiger partial charge in [-0.2, -0.15) is 12.6 Å². The van der Waals surface area contributed by atoms with Gasteiger partial charge in [0.05, 0.1) is 6.04 Å². The summed E-state index contributed by atoms with van der Waals surface area (Å²) in [5.41, 5.74) is 5.87. The first-order valence-corrected chi connectivity index (χ1v) is 10.0. The molecular formula is C18H34N4O5S. The summed E-state index contributed by atoms with van der Waals surface area (Å²) in [7, 11) is 0. The smallest absolute Gasteiger partial charge is 0.327 e. The number of carbonyl (C=O) groups is 4. The molecule has 0 aromatic heterocycles. The van der Waals surface area contributed by atoms with Gasteiger partial charge in [0.2, 0.25) is 17.7 Å². The van der Waals surface area contributed by atoms with E-state index in [9.17, 15) is 19.2 Å². The first-order valence-electron chi connectivity index (χ1n) is 9.39. The van der Waals surface area contributed by atoms with Crippen molar-refractivity contribution >= 4 is 36.3 Å². The SMILES string of the molecule is CC(C)CC(N)C(=O)NC(CC(C)C)C(=O)NC(C)C(=O)NC(CS)C(=O)O. The van der Waals surface area contributed by atoms with Crippen LogP contribution in [0, 0.1) is 11.8 Å². The third kappa shape index (κ3) is 9.93. The Morgan fingerprint density at radius 1 is 0.821 bits per heavy atom. The van der Waals surface area contributed by atoms with E-state index in [2.05, 4.69) is 28.6 Å². The van der Waals surface area contributed by atoms with E-state index in [1.807, 2.05) is 27.7 Å². The minimum Gasteiger partial charge on any atom is -0.480 e. The first-order chi connectivity index (χ1) is 12.9. The van der Waals surface area contributed by atoms with Crippen LogP contribution in [0.2, 0.25) is 0 Å². The number of hydrogen-bond donors (Lipinski definition) is 6. The number of carboxylic acids is 1. The van der Waals surface area contributed by atoms with Crippen molar-refractivity contribution in [1.29, 1.82) is 0 Å². The summed E-state index contributed by atoms with van der Waals surface area (Å²) in [4.78, 5) is 48.0. The molecule has 3 amide bonds. The largest absolute Gasteiger partial charge is 0.480 e. The van der Waals surface area contributed by atoms with Gasteiger partial charge in [-0.15, -0.1) is 0 Å². The summed E-state index contributed by atoms with van der Waals surface area (Å²) < 4.78 is 0. The molecule has 0 aliphatic rings. The molecule has 162 valence electrons. The predicted molar refractivity (Wildman–Crippen MR) is 110 cm³/mol. The Bertz CT molecular complexity index is 556. The molecule has 0 bridgehead atoms. The van der Waals surface area contributed by atoms with E-state index < -0.39 is 47.9 Å². The van der Waals surface area contributed by atoms with E-state index in [0.29, 0.717) is 12.8 Å². The third-order valence-corrected chi connectivity index (χ3v) is 4.32. The summed E-state index contributed by atoms with van der Waals surface area (Å²) in [5.74, 6) is -2.56. The molecule has 0 saturated carbocycles. The topological polar surface area (TPSA) is 151 Å². The van der Waals surface area contributed by atoms with Gasteiger partial charge in [-0.05, 0) is 31.6 Å². The zero-order chi connectivity index (χ0) is 22.0. The molecule has 0 spiro atoms. The van der Waals surface area contributed by atoms with Gasteiger partial charge in [-0.25, -0.2) is 4.79 Å². The fourth-order valence-electron chi connectivity index (χ4n) is 2.46. The van der Waals surface area contributed by atoms with Crippen LogP contribution in [0.4, 0.5) is 0 Å².